The Labute approximate surface area is 137 Å². The van der Waals surface area contributed by atoms with Crippen LogP contribution in [0.4, 0.5) is 0 Å². The number of hydrogen-bond donors (Lipinski definition) is 0. The highest BCUT2D eigenvalue weighted by atomic mass is 15.3. The Kier molecular flexibility index (Phi) is 3.93. The first-order valence-electron chi connectivity index (χ1n) is 8.49. The highest BCUT2D eigenvalue weighted by Gasteiger charge is 2.24. The molecule has 23 heavy (non-hydrogen) atoms. The average molecular weight is 303 g/mol. The molecule has 1 aliphatic carbocycles. The third kappa shape index (κ3) is 2.79. The second-order valence-electron chi connectivity index (χ2n) is 6.24. The van der Waals surface area contributed by atoms with Crippen molar-refractivity contribution < 1.29 is 0 Å². The molecule has 0 unspecified atom stereocenters. The van der Waals surface area contributed by atoms with Crippen LogP contribution in [-0.2, 0) is 0 Å². The van der Waals surface area contributed by atoms with Crippen molar-refractivity contribution in [2.24, 2.45) is 0 Å². The molecule has 0 N–H and O–H groups in total. The van der Waals surface area contributed by atoms with Gasteiger partial charge in [-0.05, 0) is 12.8 Å². The maximum atomic E-state index is 4.55. The largest absolute Gasteiger partial charge is 0.304 e. The van der Waals surface area contributed by atoms with Crippen molar-refractivity contribution >= 4 is 0 Å². The van der Waals surface area contributed by atoms with Crippen LogP contribution in [0.15, 0.2) is 60.7 Å². The molecule has 0 aliphatic heterocycles. The first kappa shape index (κ1) is 14.2. The molecule has 1 fully saturated rings. The smallest absolute Gasteiger partial charge is 0.164 e. The summed E-state index contributed by atoms with van der Waals surface area (Å²) in [4.78, 5) is 0. The van der Waals surface area contributed by atoms with Crippen LogP contribution in [-0.4, -0.2) is 14.8 Å². The van der Waals surface area contributed by atoms with Gasteiger partial charge in [0, 0.05) is 17.2 Å². The second-order valence-corrected chi connectivity index (χ2v) is 6.24. The zero-order valence-corrected chi connectivity index (χ0v) is 13.2. The summed E-state index contributed by atoms with van der Waals surface area (Å²) in [6.07, 6.45) is 6.38. The fourth-order valence-corrected chi connectivity index (χ4v) is 3.54. The minimum absolute atomic E-state index is 0.504. The lowest BCUT2D eigenvalue weighted by molar-refractivity contribution is 0.357. The van der Waals surface area contributed by atoms with Gasteiger partial charge >= 0.3 is 0 Å². The van der Waals surface area contributed by atoms with E-state index < -0.39 is 0 Å². The molecule has 3 heteroatoms. The number of hydrogen-bond acceptors (Lipinski definition) is 2. The molecular formula is C20H21N3. The van der Waals surface area contributed by atoms with E-state index in [2.05, 4.69) is 63.3 Å². The van der Waals surface area contributed by atoms with Gasteiger partial charge in [-0.1, -0.05) is 79.9 Å². The lowest BCUT2D eigenvalue weighted by atomic mass is 9.94. The molecule has 0 atom stereocenters. The first-order valence-corrected chi connectivity index (χ1v) is 8.49. The zero-order chi connectivity index (χ0) is 15.5. The van der Waals surface area contributed by atoms with Gasteiger partial charge in [-0.15, -0.1) is 10.2 Å². The second kappa shape index (κ2) is 6.37. The quantitative estimate of drug-likeness (QED) is 0.672. The van der Waals surface area contributed by atoms with E-state index in [1.807, 2.05) is 12.1 Å². The molecule has 3 nitrogen and oxygen atoms in total. The maximum Gasteiger partial charge on any atom is 0.164 e. The number of nitrogens with zero attached hydrogens (tertiary/aromatic N) is 3. The van der Waals surface area contributed by atoms with Crippen LogP contribution >= 0.6 is 0 Å². The van der Waals surface area contributed by atoms with Crippen LogP contribution in [0.2, 0.25) is 0 Å². The van der Waals surface area contributed by atoms with Crippen LogP contribution in [0.1, 0.15) is 38.1 Å². The van der Waals surface area contributed by atoms with Crippen LogP contribution in [0.3, 0.4) is 0 Å². The van der Waals surface area contributed by atoms with Crippen LogP contribution in [0, 0.1) is 0 Å². The van der Waals surface area contributed by atoms with Gasteiger partial charge in [-0.3, -0.25) is 0 Å². The summed E-state index contributed by atoms with van der Waals surface area (Å²) in [6, 6.07) is 21.4. The predicted molar refractivity (Wildman–Crippen MR) is 93.0 cm³/mol. The van der Waals surface area contributed by atoms with Gasteiger partial charge in [-0.2, -0.15) is 0 Å². The first-order chi connectivity index (χ1) is 11.4. The van der Waals surface area contributed by atoms with Gasteiger partial charge in [0.1, 0.15) is 0 Å². The van der Waals surface area contributed by atoms with E-state index in [9.17, 15) is 0 Å². The van der Waals surface area contributed by atoms with Gasteiger partial charge in [-0.25, -0.2) is 0 Å². The Morgan fingerprint density at radius 2 is 1.13 bits per heavy atom. The van der Waals surface area contributed by atoms with Crippen molar-refractivity contribution in [2.75, 3.05) is 0 Å². The molecule has 4 rings (SSSR count). The summed E-state index contributed by atoms with van der Waals surface area (Å²) in [5.41, 5.74) is 2.29. The topological polar surface area (TPSA) is 30.7 Å². The summed E-state index contributed by atoms with van der Waals surface area (Å²) in [5, 5.41) is 9.10. The molecule has 0 saturated heterocycles. The van der Waals surface area contributed by atoms with Crippen molar-refractivity contribution in [3.63, 3.8) is 0 Å². The molecule has 116 valence electrons. The summed E-state index contributed by atoms with van der Waals surface area (Å²) >= 11 is 0. The van der Waals surface area contributed by atoms with Gasteiger partial charge in [0.2, 0.25) is 0 Å². The van der Waals surface area contributed by atoms with E-state index in [-0.39, 0.29) is 0 Å². The van der Waals surface area contributed by atoms with E-state index in [1.165, 1.54) is 32.1 Å². The normalized spacial score (nSPS) is 15.7. The molecular weight excluding hydrogens is 282 g/mol. The van der Waals surface area contributed by atoms with E-state index in [0.717, 1.165) is 22.8 Å². The third-order valence-corrected chi connectivity index (χ3v) is 4.70. The molecule has 3 aromatic rings. The summed E-state index contributed by atoms with van der Waals surface area (Å²) in [7, 11) is 0. The molecule has 0 bridgehead atoms. The highest BCUT2D eigenvalue weighted by Crippen LogP contribution is 2.35. The van der Waals surface area contributed by atoms with E-state index in [1.54, 1.807) is 0 Å². The molecule has 1 saturated carbocycles. The minimum Gasteiger partial charge on any atom is -0.304 e. The van der Waals surface area contributed by atoms with Crippen molar-refractivity contribution in [1.82, 2.24) is 14.8 Å². The Morgan fingerprint density at radius 1 is 0.652 bits per heavy atom. The Morgan fingerprint density at radius 3 is 1.61 bits per heavy atom. The summed E-state index contributed by atoms with van der Waals surface area (Å²) < 4.78 is 2.38. The van der Waals surface area contributed by atoms with Crippen molar-refractivity contribution in [2.45, 2.75) is 38.1 Å². The van der Waals surface area contributed by atoms with Gasteiger partial charge < -0.3 is 4.57 Å². The average Bonchev–Trinajstić information content (AvgIpc) is 3.09. The van der Waals surface area contributed by atoms with Gasteiger partial charge in [0.05, 0.1) is 0 Å². The van der Waals surface area contributed by atoms with Crippen LogP contribution in [0.25, 0.3) is 22.8 Å². The summed E-state index contributed by atoms with van der Waals surface area (Å²) in [6.45, 7) is 0. The minimum atomic E-state index is 0.504. The maximum absolute atomic E-state index is 4.55. The number of benzene rings is 2. The molecule has 0 radical (unpaired) electrons. The van der Waals surface area contributed by atoms with Crippen molar-refractivity contribution in [3.05, 3.63) is 60.7 Å². The van der Waals surface area contributed by atoms with E-state index in [0.29, 0.717) is 6.04 Å². The van der Waals surface area contributed by atoms with Crippen molar-refractivity contribution in [3.8, 4) is 22.8 Å². The molecule has 0 spiro atoms. The number of rotatable bonds is 3. The molecule has 1 heterocycles. The summed E-state index contributed by atoms with van der Waals surface area (Å²) in [5.74, 6) is 1.99. The van der Waals surface area contributed by atoms with E-state index >= 15 is 0 Å². The number of aromatic nitrogens is 3. The SMILES string of the molecule is c1ccc(-c2nnc(-c3ccccc3)n2C2CCCCC2)cc1. The highest BCUT2D eigenvalue weighted by molar-refractivity contribution is 5.62. The fourth-order valence-electron chi connectivity index (χ4n) is 3.54. The molecule has 0 amide bonds. The molecule has 2 aromatic carbocycles. The van der Waals surface area contributed by atoms with Crippen molar-refractivity contribution in [1.29, 1.82) is 0 Å². The van der Waals surface area contributed by atoms with Gasteiger partial charge in [0.25, 0.3) is 0 Å². The fraction of sp³-hybridized carbons (Fsp3) is 0.300. The third-order valence-electron chi connectivity index (χ3n) is 4.70. The van der Waals surface area contributed by atoms with Gasteiger partial charge in [0.15, 0.2) is 11.6 Å². The van der Waals surface area contributed by atoms with Crippen LogP contribution < -0.4 is 0 Å². The zero-order valence-electron chi connectivity index (χ0n) is 13.2. The molecule has 1 aliphatic rings. The molecule has 1 aromatic heterocycles. The lowest BCUT2D eigenvalue weighted by Gasteiger charge is -2.26. The predicted octanol–water partition coefficient (Wildman–Crippen LogP) is 5.12. The van der Waals surface area contributed by atoms with Crippen LogP contribution in [0.5, 0.6) is 0 Å². The van der Waals surface area contributed by atoms with E-state index in [4.69, 9.17) is 0 Å². The Hall–Kier alpha value is -2.42. The lowest BCUT2D eigenvalue weighted by Crippen LogP contribution is -2.15. The Balaban J connectivity index is 1.85. The monoisotopic (exact) mass is 303 g/mol. The Bertz CT molecular complexity index is 699. The standard InChI is InChI=1S/C20H21N3/c1-4-10-16(11-5-1)19-21-22-20(17-12-6-2-7-13-17)23(19)18-14-8-3-9-15-18/h1-2,4-7,10-13,18H,3,8-9,14-15H2.